The Hall–Kier alpha value is -1.05. The number of halogens is 1. The Labute approximate surface area is 118 Å². The lowest BCUT2D eigenvalue weighted by atomic mass is 10.1. The average molecular weight is 278 g/mol. The second-order valence-electron chi connectivity index (χ2n) is 4.89. The molecule has 2 atom stereocenters. The Bertz CT molecular complexity index is 470. The minimum atomic E-state index is -0.438. The lowest BCUT2D eigenvalue weighted by Crippen LogP contribution is -2.26. The molecule has 0 aromatic heterocycles. The summed E-state index contributed by atoms with van der Waals surface area (Å²) in [5.41, 5.74) is 1.11. The molecule has 1 aliphatic carbocycles. The summed E-state index contributed by atoms with van der Waals surface area (Å²) in [6.45, 7) is 2.91. The number of hydrogen-bond acceptors (Lipinski definition) is 3. The van der Waals surface area contributed by atoms with E-state index < -0.39 is 5.82 Å². The van der Waals surface area contributed by atoms with Crippen LogP contribution in [0.15, 0.2) is 18.2 Å². The molecule has 2 rings (SSSR count). The first-order chi connectivity index (χ1) is 9.22. The summed E-state index contributed by atoms with van der Waals surface area (Å²) >= 11 is 2.04. The SMILES string of the molecule is CCSC1CCC(NCc2ccc(F)c(C#N)c2)C1. The van der Waals surface area contributed by atoms with E-state index in [0.717, 1.165) is 10.8 Å². The molecule has 4 heteroatoms. The third kappa shape index (κ3) is 3.95. The van der Waals surface area contributed by atoms with Crippen molar-refractivity contribution in [3.8, 4) is 6.07 Å². The van der Waals surface area contributed by atoms with E-state index in [9.17, 15) is 4.39 Å². The zero-order valence-electron chi connectivity index (χ0n) is 11.2. The van der Waals surface area contributed by atoms with Gasteiger partial charge in [-0.15, -0.1) is 0 Å². The van der Waals surface area contributed by atoms with Gasteiger partial charge in [-0.2, -0.15) is 17.0 Å². The Morgan fingerprint density at radius 2 is 2.32 bits per heavy atom. The lowest BCUT2D eigenvalue weighted by Gasteiger charge is -2.13. The summed E-state index contributed by atoms with van der Waals surface area (Å²) < 4.78 is 13.2. The molecule has 1 fully saturated rings. The monoisotopic (exact) mass is 278 g/mol. The van der Waals surface area contributed by atoms with Gasteiger partial charge in [-0.1, -0.05) is 13.0 Å². The van der Waals surface area contributed by atoms with Crippen LogP contribution in [-0.4, -0.2) is 17.0 Å². The fourth-order valence-electron chi connectivity index (χ4n) is 2.54. The fraction of sp³-hybridized carbons (Fsp3) is 0.533. The van der Waals surface area contributed by atoms with Gasteiger partial charge in [0.25, 0.3) is 0 Å². The highest BCUT2D eigenvalue weighted by molar-refractivity contribution is 7.99. The van der Waals surface area contributed by atoms with Crippen LogP contribution in [-0.2, 0) is 6.54 Å². The topological polar surface area (TPSA) is 35.8 Å². The van der Waals surface area contributed by atoms with Gasteiger partial charge < -0.3 is 5.32 Å². The van der Waals surface area contributed by atoms with Crippen LogP contribution in [0, 0.1) is 17.1 Å². The molecule has 0 aliphatic heterocycles. The van der Waals surface area contributed by atoms with Crippen molar-refractivity contribution in [2.45, 2.75) is 44.0 Å². The van der Waals surface area contributed by atoms with Crippen LogP contribution in [0.3, 0.4) is 0 Å². The van der Waals surface area contributed by atoms with Gasteiger partial charge in [0.05, 0.1) is 5.56 Å². The number of nitrogens with zero attached hydrogens (tertiary/aromatic N) is 1. The van der Waals surface area contributed by atoms with Gasteiger partial charge in [-0.3, -0.25) is 0 Å². The molecule has 1 aromatic carbocycles. The van der Waals surface area contributed by atoms with Gasteiger partial charge >= 0.3 is 0 Å². The highest BCUT2D eigenvalue weighted by Gasteiger charge is 2.23. The van der Waals surface area contributed by atoms with E-state index >= 15 is 0 Å². The lowest BCUT2D eigenvalue weighted by molar-refractivity contribution is 0.524. The Morgan fingerprint density at radius 3 is 3.05 bits per heavy atom. The zero-order chi connectivity index (χ0) is 13.7. The normalized spacial score (nSPS) is 22.4. The van der Waals surface area contributed by atoms with E-state index in [0.29, 0.717) is 12.6 Å². The van der Waals surface area contributed by atoms with Gasteiger partial charge in [0.1, 0.15) is 11.9 Å². The molecule has 0 heterocycles. The van der Waals surface area contributed by atoms with Crippen molar-refractivity contribution in [3.05, 3.63) is 35.1 Å². The predicted molar refractivity (Wildman–Crippen MR) is 77.5 cm³/mol. The molecule has 102 valence electrons. The van der Waals surface area contributed by atoms with Gasteiger partial charge in [-0.25, -0.2) is 4.39 Å². The second-order valence-corrected chi connectivity index (χ2v) is 6.47. The van der Waals surface area contributed by atoms with Gasteiger partial charge in [-0.05, 0) is 42.7 Å². The molecule has 0 amide bonds. The summed E-state index contributed by atoms with van der Waals surface area (Å²) in [4.78, 5) is 0. The van der Waals surface area contributed by atoms with Crippen LogP contribution >= 0.6 is 11.8 Å². The number of nitriles is 1. The molecule has 2 unspecified atom stereocenters. The quantitative estimate of drug-likeness (QED) is 0.896. The predicted octanol–water partition coefficient (Wildman–Crippen LogP) is 3.46. The maximum atomic E-state index is 13.2. The molecule has 19 heavy (non-hydrogen) atoms. The number of thioether (sulfide) groups is 1. The fourth-order valence-corrected chi connectivity index (χ4v) is 3.69. The molecular formula is C15H19FN2S. The first-order valence-electron chi connectivity index (χ1n) is 6.76. The summed E-state index contributed by atoms with van der Waals surface area (Å²) in [5, 5.41) is 13.1. The molecular weight excluding hydrogens is 259 g/mol. The molecule has 1 saturated carbocycles. The van der Waals surface area contributed by atoms with E-state index in [1.54, 1.807) is 12.1 Å². The summed E-state index contributed by atoms with van der Waals surface area (Å²) in [6.07, 6.45) is 3.71. The molecule has 1 aliphatic rings. The summed E-state index contributed by atoms with van der Waals surface area (Å²) in [7, 11) is 0. The van der Waals surface area contributed by atoms with Crippen molar-refractivity contribution < 1.29 is 4.39 Å². The minimum absolute atomic E-state index is 0.130. The van der Waals surface area contributed by atoms with E-state index in [-0.39, 0.29) is 5.56 Å². The van der Waals surface area contributed by atoms with Gasteiger partial charge in [0.2, 0.25) is 0 Å². The van der Waals surface area contributed by atoms with Crippen molar-refractivity contribution in [3.63, 3.8) is 0 Å². The van der Waals surface area contributed by atoms with Crippen molar-refractivity contribution in [1.29, 1.82) is 5.26 Å². The molecule has 0 spiro atoms. The Balaban J connectivity index is 1.85. The van der Waals surface area contributed by atoms with Crippen LogP contribution in [0.5, 0.6) is 0 Å². The third-order valence-corrected chi connectivity index (χ3v) is 4.77. The largest absolute Gasteiger partial charge is 0.310 e. The smallest absolute Gasteiger partial charge is 0.140 e. The van der Waals surface area contributed by atoms with E-state index in [4.69, 9.17) is 5.26 Å². The third-order valence-electron chi connectivity index (χ3n) is 3.53. The van der Waals surface area contributed by atoms with Gasteiger partial charge in [0.15, 0.2) is 0 Å². The maximum Gasteiger partial charge on any atom is 0.140 e. The molecule has 0 saturated heterocycles. The zero-order valence-corrected chi connectivity index (χ0v) is 12.0. The van der Waals surface area contributed by atoms with E-state index in [2.05, 4.69) is 12.2 Å². The molecule has 1 aromatic rings. The summed E-state index contributed by atoms with van der Waals surface area (Å²) in [6, 6.07) is 7.19. The highest BCUT2D eigenvalue weighted by Crippen LogP contribution is 2.29. The van der Waals surface area contributed by atoms with Crippen molar-refractivity contribution in [2.75, 3.05) is 5.75 Å². The van der Waals surface area contributed by atoms with Crippen molar-refractivity contribution in [2.24, 2.45) is 0 Å². The standard InChI is InChI=1S/C15H19FN2S/c1-2-19-14-5-4-13(8-14)18-10-11-3-6-15(16)12(7-11)9-17/h3,6-7,13-14,18H,2,4-5,8,10H2,1H3. The molecule has 2 nitrogen and oxygen atoms in total. The average Bonchev–Trinajstić information content (AvgIpc) is 2.86. The molecule has 1 N–H and O–H groups in total. The number of rotatable bonds is 5. The Morgan fingerprint density at radius 1 is 1.47 bits per heavy atom. The number of benzene rings is 1. The number of nitrogens with one attached hydrogen (secondary N) is 1. The van der Waals surface area contributed by atoms with Crippen LogP contribution in [0.2, 0.25) is 0 Å². The Kier molecular flexibility index (Phi) is 5.24. The van der Waals surface area contributed by atoms with E-state index in [1.807, 2.05) is 17.8 Å². The number of hydrogen-bond donors (Lipinski definition) is 1. The molecule has 0 radical (unpaired) electrons. The van der Waals surface area contributed by atoms with E-state index in [1.165, 1.54) is 31.1 Å². The maximum absolute atomic E-state index is 13.2. The second kappa shape index (κ2) is 6.93. The van der Waals surface area contributed by atoms with Crippen LogP contribution < -0.4 is 5.32 Å². The van der Waals surface area contributed by atoms with Crippen molar-refractivity contribution in [1.82, 2.24) is 5.32 Å². The van der Waals surface area contributed by atoms with Crippen LogP contribution in [0.4, 0.5) is 4.39 Å². The van der Waals surface area contributed by atoms with Gasteiger partial charge in [0, 0.05) is 17.8 Å². The highest BCUT2D eigenvalue weighted by atomic mass is 32.2. The van der Waals surface area contributed by atoms with Crippen molar-refractivity contribution >= 4 is 11.8 Å². The first kappa shape index (κ1) is 14.4. The summed E-state index contributed by atoms with van der Waals surface area (Å²) in [5.74, 6) is 0.743. The minimum Gasteiger partial charge on any atom is -0.310 e. The van der Waals surface area contributed by atoms with Crippen LogP contribution in [0.1, 0.15) is 37.3 Å². The van der Waals surface area contributed by atoms with Crippen LogP contribution in [0.25, 0.3) is 0 Å². The first-order valence-corrected chi connectivity index (χ1v) is 7.81. The molecule has 0 bridgehead atoms.